The Hall–Kier alpha value is -0.570. The molecule has 2 aliphatic heterocycles. The third-order valence-electron chi connectivity index (χ3n) is 4.49. The first-order valence-electron chi connectivity index (χ1n) is 7.84. The summed E-state index contributed by atoms with van der Waals surface area (Å²) in [4.78, 5) is 14.3. The number of rotatable bonds is 3. The summed E-state index contributed by atoms with van der Waals surface area (Å²) in [6, 6.07) is 4.29. The molecule has 1 unspecified atom stereocenters. The van der Waals surface area contributed by atoms with E-state index in [4.69, 9.17) is 23.2 Å². The second-order valence-corrected chi connectivity index (χ2v) is 8.75. The quantitative estimate of drug-likeness (QED) is 0.798. The molecule has 0 saturated carbocycles. The van der Waals surface area contributed by atoms with Crippen LogP contribution in [0.25, 0.3) is 0 Å². The molecule has 2 heterocycles. The SMILES string of the molecule is Cl.O=C(C1CCNC1)N1CCN(S(=O)(=O)c2ccc(Cl)c(Cl)c2)CC1. The molecule has 10 heteroatoms. The van der Waals surface area contributed by atoms with Crippen LogP contribution in [-0.2, 0) is 14.8 Å². The van der Waals surface area contributed by atoms with Crippen LogP contribution in [0.4, 0.5) is 0 Å². The van der Waals surface area contributed by atoms with Gasteiger partial charge < -0.3 is 10.2 Å². The fraction of sp³-hybridized carbons (Fsp3) is 0.533. The fourth-order valence-corrected chi connectivity index (χ4v) is 4.87. The summed E-state index contributed by atoms with van der Waals surface area (Å²) in [7, 11) is -3.63. The first-order valence-corrected chi connectivity index (χ1v) is 10.0. The molecule has 1 atom stereocenters. The van der Waals surface area contributed by atoms with Gasteiger partial charge in [0.2, 0.25) is 15.9 Å². The lowest BCUT2D eigenvalue weighted by Gasteiger charge is -2.35. The van der Waals surface area contributed by atoms with E-state index in [9.17, 15) is 13.2 Å². The van der Waals surface area contributed by atoms with E-state index < -0.39 is 10.0 Å². The molecular formula is C15H20Cl3N3O3S. The number of carbonyl (C=O) groups is 1. The van der Waals surface area contributed by atoms with Crippen LogP contribution in [0.1, 0.15) is 6.42 Å². The molecule has 1 aromatic rings. The smallest absolute Gasteiger partial charge is 0.243 e. The van der Waals surface area contributed by atoms with Crippen molar-refractivity contribution in [3.8, 4) is 0 Å². The Morgan fingerprint density at radius 2 is 1.80 bits per heavy atom. The maximum absolute atomic E-state index is 12.7. The summed E-state index contributed by atoms with van der Waals surface area (Å²) >= 11 is 11.8. The topological polar surface area (TPSA) is 69.7 Å². The highest BCUT2D eigenvalue weighted by Crippen LogP contribution is 2.27. The molecule has 3 rings (SSSR count). The molecule has 6 nitrogen and oxygen atoms in total. The van der Waals surface area contributed by atoms with Crippen molar-refractivity contribution in [2.45, 2.75) is 11.3 Å². The van der Waals surface area contributed by atoms with Gasteiger partial charge in [-0.25, -0.2) is 8.42 Å². The molecule has 0 radical (unpaired) electrons. The van der Waals surface area contributed by atoms with E-state index in [-0.39, 0.29) is 47.2 Å². The summed E-state index contributed by atoms with van der Waals surface area (Å²) in [6.45, 7) is 2.97. The van der Waals surface area contributed by atoms with E-state index in [1.807, 2.05) is 0 Å². The van der Waals surface area contributed by atoms with Crippen molar-refractivity contribution in [3.63, 3.8) is 0 Å². The molecule has 140 valence electrons. The fourth-order valence-electron chi connectivity index (χ4n) is 3.06. The lowest BCUT2D eigenvalue weighted by atomic mass is 10.1. The van der Waals surface area contributed by atoms with Crippen LogP contribution in [0.5, 0.6) is 0 Å². The lowest BCUT2D eigenvalue weighted by Crippen LogP contribution is -2.52. The zero-order valence-corrected chi connectivity index (χ0v) is 16.6. The Bertz CT molecular complexity index is 731. The van der Waals surface area contributed by atoms with Crippen LogP contribution in [0, 0.1) is 5.92 Å². The number of carbonyl (C=O) groups excluding carboxylic acids is 1. The number of benzene rings is 1. The third kappa shape index (κ3) is 4.40. The first-order chi connectivity index (χ1) is 11.4. The molecule has 0 aliphatic carbocycles. The number of nitrogens with one attached hydrogen (secondary N) is 1. The highest BCUT2D eigenvalue weighted by atomic mass is 35.5. The van der Waals surface area contributed by atoms with Crippen molar-refractivity contribution in [2.24, 2.45) is 5.92 Å². The highest BCUT2D eigenvalue weighted by Gasteiger charge is 2.33. The van der Waals surface area contributed by atoms with E-state index >= 15 is 0 Å². The van der Waals surface area contributed by atoms with Gasteiger partial charge in [0, 0.05) is 32.7 Å². The van der Waals surface area contributed by atoms with Crippen LogP contribution < -0.4 is 5.32 Å². The molecule has 25 heavy (non-hydrogen) atoms. The molecule has 1 aromatic carbocycles. The van der Waals surface area contributed by atoms with Gasteiger partial charge in [0.15, 0.2) is 0 Å². The molecule has 2 fully saturated rings. The maximum atomic E-state index is 12.7. The Balaban J connectivity index is 0.00000225. The molecule has 0 spiro atoms. The summed E-state index contributed by atoms with van der Waals surface area (Å²) < 4.78 is 26.8. The number of hydrogen-bond acceptors (Lipinski definition) is 4. The van der Waals surface area contributed by atoms with Crippen LogP contribution in [0.15, 0.2) is 23.1 Å². The number of amides is 1. The first kappa shape index (κ1) is 20.7. The maximum Gasteiger partial charge on any atom is 0.243 e. The van der Waals surface area contributed by atoms with E-state index in [2.05, 4.69) is 5.32 Å². The Morgan fingerprint density at radius 1 is 1.12 bits per heavy atom. The normalized spacial score (nSPS) is 21.8. The van der Waals surface area contributed by atoms with Crippen molar-refractivity contribution < 1.29 is 13.2 Å². The van der Waals surface area contributed by atoms with Crippen LogP contribution >= 0.6 is 35.6 Å². The van der Waals surface area contributed by atoms with Crippen LogP contribution in [0.2, 0.25) is 10.0 Å². The van der Waals surface area contributed by atoms with Gasteiger partial charge in [0.05, 0.1) is 20.9 Å². The summed E-state index contributed by atoms with van der Waals surface area (Å²) in [5.74, 6) is 0.134. The largest absolute Gasteiger partial charge is 0.340 e. The van der Waals surface area contributed by atoms with Gasteiger partial charge in [-0.15, -0.1) is 12.4 Å². The minimum atomic E-state index is -3.63. The molecule has 0 aromatic heterocycles. The van der Waals surface area contributed by atoms with Gasteiger partial charge in [0.25, 0.3) is 0 Å². The second kappa shape index (κ2) is 8.41. The van der Waals surface area contributed by atoms with E-state index in [1.54, 1.807) is 4.90 Å². The van der Waals surface area contributed by atoms with E-state index in [0.29, 0.717) is 24.7 Å². The van der Waals surface area contributed by atoms with E-state index in [1.165, 1.54) is 22.5 Å². The van der Waals surface area contributed by atoms with Crippen molar-refractivity contribution in [1.29, 1.82) is 0 Å². The Labute approximate surface area is 163 Å². The zero-order chi connectivity index (χ0) is 17.3. The monoisotopic (exact) mass is 427 g/mol. The standard InChI is InChI=1S/C15H19Cl2N3O3S.ClH/c16-13-2-1-12(9-14(13)17)24(22,23)20-7-5-19(6-8-20)15(21)11-3-4-18-10-11;/h1-2,9,11,18H,3-8,10H2;1H. The molecule has 0 bridgehead atoms. The number of halogens is 3. The predicted molar refractivity (Wildman–Crippen MR) is 100 cm³/mol. The highest BCUT2D eigenvalue weighted by molar-refractivity contribution is 7.89. The molecule has 2 aliphatic rings. The second-order valence-electron chi connectivity index (χ2n) is 6.00. The minimum absolute atomic E-state index is 0. The van der Waals surface area contributed by atoms with E-state index in [0.717, 1.165) is 13.0 Å². The number of hydrogen-bond donors (Lipinski definition) is 1. The van der Waals surface area contributed by atoms with Gasteiger partial charge in [-0.2, -0.15) is 4.31 Å². The number of nitrogens with zero attached hydrogens (tertiary/aromatic N) is 2. The van der Waals surface area contributed by atoms with Crippen LogP contribution in [-0.4, -0.2) is 62.8 Å². The minimum Gasteiger partial charge on any atom is -0.340 e. The van der Waals surface area contributed by atoms with Crippen molar-refractivity contribution in [3.05, 3.63) is 28.2 Å². The van der Waals surface area contributed by atoms with Gasteiger partial charge in [-0.05, 0) is 31.2 Å². The summed E-state index contributed by atoms with van der Waals surface area (Å²) in [5, 5.41) is 3.70. The molecular weight excluding hydrogens is 409 g/mol. The van der Waals surface area contributed by atoms with Gasteiger partial charge in [-0.1, -0.05) is 23.2 Å². The molecule has 1 amide bonds. The van der Waals surface area contributed by atoms with Crippen LogP contribution in [0.3, 0.4) is 0 Å². The lowest BCUT2D eigenvalue weighted by molar-refractivity contribution is -0.136. The van der Waals surface area contributed by atoms with Crippen molar-refractivity contribution >= 4 is 51.5 Å². The van der Waals surface area contributed by atoms with Crippen molar-refractivity contribution in [2.75, 3.05) is 39.3 Å². The van der Waals surface area contributed by atoms with Gasteiger partial charge >= 0.3 is 0 Å². The predicted octanol–water partition coefficient (Wildman–Crippen LogP) is 1.86. The summed E-state index contributed by atoms with van der Waals surface area (Å²) in [6.07, 6.45) is 0.848. The Morgan fingerprint density at radius 3 is 2.36 bits per heavy atom. The van der Waals surface area contributed by atoms with Gasteiger partial charge in [-0.3, -0.25) is 4.79 Å². The Kier molecular flexibility index (Phi) is 6.98. The molecule has 2 saturated heterocycles. The number of sulfonamides is 1. The summed E-state index contributed by atoms with van der Waals surface area (Å²) in [5.41, 5.74) is 0. The van der Waals surface area contributed by atoms with Gasteiger partial charge in [0.1, 0.15) is 0 Å². The van der Waals surface area contributed by atoms with Crippen molar-refractivity contribution in [1.82, 2.24) is 14.5 Å². The number of piperazine rings is 1. The average Bonchev–Trinajstić information content (AvgIpc) is 3.11. The average molecular weight is 429 g/mol. The zero-order valence-electron chi connectivity index (χ0n) is 13.5. The third-order valence-corrected chi connectivity index (χ3v) is 7.12. The molecule has 1 N–H and O–H groups in total.